The summed E-state index contributed by atoms with van der Waals surface area (Å²) >= 11 is 1.68. The fourth-order valence-electron chi connectivity index (χ4n) is 3.41. The van der Waals surface area contributed by atoms with Gasteiger partial charge < -0.3 is 16.0 Å². The lowest BCUT2D eigenvalue weighted by Gasteiger charge is -2.46. The molecule has 1 aliphatic rings. The van der Waals surface area contributed by atoms with Gasteiger partial charge in [-0.3, -0.25) is 0 Å². The first-order valence-electron chi connectivity index (χ1n) is 7.54. The molecule has 5 heteroatoms. The molecule has 1 saturated heterocycles. The van der Waals surface area contributed by atoms with Gasteiger partial charge in [0.2, 0.25) is 0 Å². The van der Waals surface area contributed by atoms with Crippen molar-refractivity contribution in [3.8, 4) is 0 Å². The summed E-state index contributed by atoms with van der Waals surface area (Å²) < 4.78 is 0. The van der Waals surface area contributed by atoms with Crippen LogP contribution in [0, 0.1) is 6.92 Å². The average molecular weight is 309 g/mol. The van der Waals surface area contributed by atoms with Crippen molar-refractivity contribution in [2.24, 2.45) is 0 Å². The zero-order valence-corrected chi connectivity index (χ0v) is 14.5. The molecule has 118 valence electrons. The number of hydrogen-bond donors (Lipinski definition) is 3. The van der Waals surface area contributed by atoms with Gasteiger partial charge in [-0.1, -0.05) is 0 Å². The first-order valence-corrected chi connectivity index (χ1v) is 8.41. The van der Waals surface area contributed by atoms with E-state index in [1.807, 2.05) is 0 Å². The second kappa shape index (κ2) is 5.97. The Hall–Kier alpha value is -1.07. The van der Waals surface area contributed by atoms with E-state index in [0.29, 0.717) is 6.54 Å². The second-order valence-electron chi connectivity index (χ2n) is 7.35. The van der Waals surface area contributed by atoms with E-state index in [9.17, 15) is 4.79 Å². The van der Waals surface area contributed by atoms with Crippen molar-refractivity contribution in [2.75, 3.05) is 0 Å². The van der Waals surface area contributed by atoms with Crippen LogP contribution in [0.25, 0.3) is 0 Å². The number of amides is 2. The number of carbonyl (C=O) groups is 1. The third-order valence-electron chi connectivity index (χ3n) is 3.90. The lowest BCUT2D eigenvalue weighted by atomic mass is 9.80. The highest BCUT2D eigenvalue weighted by Crippen LogP contribution is 2.28. The summed E-state index contributed by atoms with van der Waals surface area (Å²) in [4.78, 5) is 13.3. The van der Waals surface area contributed by atoms with Crippen LogP contribution in [-0.4, -0.2) is 23.2 Å². The molecule has 0 atom stereocenters. The van der Waals surface area contributed by atoms with Crippen LogP contribution < -0.4 is 16.0 Å². The molecule has 21 heavy (non-hydrogen) atoms. The number of thiophene rings is 1. The topological polar surface area (TPSA) is 53.2 Å². The first-order chi connectivity index (χ1) is 9.67. The monoisotopic (exact) mass is 309 g/mol. The van der Waals surface area contributed by atoms with Crippen molar-refractivity contribution in [1.82, 2.24) is 16.0 Å². The summed E-state index contributed by atoms with van der Waals surface area (Å²) in [6, 6.07) is 2.22. The maximum Gasteiger partial charge on any atom is 0.315 e. The number of urea groups is 1. The van der Waals surface area contributed by atoms with Crippen LogP contribution in [0.15, 0.2) is 11.4 Å². The molecule has 0 bridgehead atoms. The van der Waals surface area contributed by atoms with Gasteiger partial charge in [-0.25, -0.2) is 4.79 Å². The van der Waals surface area contributed by atoms with Gasteiger partial charge in [0.1, 0.15) is 0 Å². The smallest absolute Gasteiger partial charge is 0.315 e. The fraction of sp³-hybridized carbons (Fsp3) is 0.688. The van der Waals surface area contributed by atoms with E-state index >= 15 is 0 Å². The molecule has 0 saturated carbocycles. The SMILES string of the molecule is Cc1ccsc1CNC(=O)NC1CC(C)(C)NC(C)(C)C1. The van der Waals surface area contributed by atoms with Gasteiger partial charge in [0.05, 0.1) is 6.54 Å². The molecule has 1 aliphatic heterocycles. The molecule has 1 aromatic heterocycles. The lowest BCUT2D eigenvalue weighted by molar-refractivity contribution is 0.147. The lowest BCUT2D eigenvalue weighted by Crippen LogP contribution is -2.62. The molecular weight excluding hydrogens is 282 g/mol. The predicted octanol–water partition coefficient (Wildman–Crippen LogP) is 3.16. The van der Waals surface area contributed by atoms with Crippen LogP contribution in [0.5, 0.6) is 0 Å². The fourth-order valence-corrected chi connectivity index (χ4v) is 4.25. The van der Waals surface area contributed by atoms with Crippen LogP contribution in [0.2, 0.25) is 0 Å². The van der Waals surface area contributed by atoms with Crippen LogP contribution in [0.1, 0.15) is 51.0 Å². The molecule has 0 aromatic carbocycles. The van der Waals surface area contributed by atoms with Gasteiger partial charge in [0.15, 0.2) is 0 Å². The Bertz CT molecular complexity index is 491. The van der Waals surface area contributed by atoms with E-state index in [1.165, 1.54) is 10.4 Å². The van der Waals surface area contributed by atoms with E-state index < -0.39 is 0 Å². The largest absolute Gasteiger partial charge is 0.335 e. The maximum absolute atomic E-state index is 12.1. The van der Waals surface area contributed by atoms with E-state index in [4.69, 9.17) is 0 Å². The first kappa shape index (κ1) is 16.3. The standard InChI is InChI=1S/C16H27N3OS/c1-11-6-7-21-13(11)10-17-14(20)18-12-8-15(2,3)19-16(4,5)9-12/h6-7,12,19H,8-10H2,1-5H3,(H2,17,18,20). The molecule has 0 spiro atoms. The second-order valence-corrected chi connectivity index (χ2v) is 8.35. The Morgan fingerprint density at radius 2 is 1.95 bits per heavy atom. The Kier molecular flexibility index (Phi) is 4.63. The summed E-state index contributed by atoms with van der Waals surface area (Å²) in [6.07, 6.45) is 1.89. The van der Waals surface area contributed by atoms with Gasteiger partial charge in [-0.15, -0.1) is 11.3 Å². The highest BCUT2D eigenvalue weighted by Gasteiger charge is 2.38. The number of carbonyl (C=O) groups excluding carboxylic acids is 1. The number of nitrogens with one attached hydrogen (secondary N) is 3. The molecule has 1 aromatic rings. The van der Waals surface area contributed by atoms with Crippen molar-refractivity contribution >= 4 is 17.4 Å². The third kappa shape index (κ3) is 4.71. The van der Waals surface area contributed by atoms with Crippen molar-refractivity contribution in [3.05, 3.63) is 21.9 Å². The molecule has 2 heterocycles. The van der Waals surface area contributed by atoms with E-state index in [2.05, 4.69) is 62.0 Å². The Balaban J connectivity index is 1.86. The van der Waals surface area contributed by atoms with Crippen molar-refractivity contribution in [1.29, 1.82) is 0 Å². The summed E-state index contributed by atoms with van der Waals surface area (Å²) in [5, 5.41) is 11.8. The van der Waals surface area contributed by atoms with Crippen molar-refractivity contribution in [3.63, 3.8) is 0 Å². The van der Waals surface area contributed by atoms with Gasteiger partial charge in [0.25, 0.3) is 0 Å². The Morgan fingerprint density at radius 3 is 2.48 bits per heavy atom. The zero-order chi connectivity index (χ0) is 15.7. The molecule has 2 rings (SSSR count). The van der Waals surface area contributed by atoms with Crippen LogP contribution in [0.4, 0.5) is 4.79 Å². The number of hydrogen-bond acceptors (Lipinski definition) is 3. The van der Waals surface area contributed by atoms with Crippen LogP contribution in [0.3, 0.4) is 0 Å². The minimum Gasteiger partial charge on any atom is -0.335 e. The number of piperidine rings is 1. The minimum absolute atomic E-state index is 0.0457. The van der Waals surface area contributed by atoms with Gasteiger partial charge in [-0.05, 0) is 64.5 Å². The number of rotatable bonds is 3. The molecule has 0 unspecified atom stereocenters. The van der Waals surface area contributed by atoms with Crippen LogP contribution in [-0.2, 0) is 6.54 Å². The van der Waals surface area contributed by atoms with E-state index in [-0.39, 0.29) is 23.2 Å². The quantitative estimate of drug-likeness (QED) is 0.803. The van der Waals surface area contributed by atoms with Crippen molar-refractivity contribution in [2.45, 2.75) is 71.1 Å². The summed E-state index contributed by atoms with van der Waals surface area (Å²) in [7, 11) is 0. The summed E-state index contributed by atoms with van der Waals surface area (Å²) in [6.45, 7) is 11.4. The predicted molar refractivity (Wildman–Crippen MR) is 88.7 cm³/mol. The van der Waals surface area contributed by atoms with Crippen LogP contribution >= 0.6 is 11.3 Å². The molecular formula is C16H27N3OS. The van der Waals surface area contributed by atoms with E-state index in [1.54, 1.807) is 11.3 Å². The zero-order valence-electron chi connectivity index (χ0n) is 13.7. The Labute approximate surface area is 131 Å². The average Bonchev–Trinajstić information content (AvgIpc) is 2.67. The summed E-state index contributed by atoms with van der Waals surface area (Å²) in [5.41, 5.74) is 1.33. The van der Waals surface area contributed by atoms with Gasteiger partial charge >= 0.3 is 6.03 Å². The molecule has 0 aliphatic carbocycles. The summed E-state index contributed by atoms with van der Waals surface area (Å²) in [5.74, 6) is 0. The minimum atomic E-state index is -0.0682. The number of aryl methyl sites for hydroxylation is 1. The normalized spacial score (nSPS) is 21.0. The van der Waals surface area contributed by atoms with E-state index in [0.717, 1.165) is 12.8 Å². The third-order valence-corrected chi connectivity index (χ3v) is 4.93. The molecule has 0 radical (unpaired) electrons. The highest BCUT2D eigenvalue weighted by atomic mass is 32.1. The molecule has 4 nitrogen and oxygen atoms in total. The van der Waals surface area contributed by atoms with Gasteiger partial charge in [-0.2, -0.15) is 0 Å². The van der Waals surface area contributed by atoms with Crippen molar-refractivity contribution < 1.29 is 4.79 Å². The highest BCUT2D eigenvalue weighted by molar-refractivity contribution is 7.10. The van der Waals surface area contributed by atoms with Gasteiger partial charge in [0, 0.05) is 22.0 Å². The molecule has 3 N–H and O–H groups in total. The Morgan fingerprint density at radius 1 is 1.33 bits per heavy atom. The maximum atomic E-state index is 12.1. The molecule has 2 amide bonds. The molecule has 1 fully saturated rings.